The van der Waals surface area contributed by atoms with Crippen molar-refractivity contribution in [3.05, 3.63) is 29.3 Å². The van der Waals surface area contributed by atoms with Gasteiger partial charge in [-0.3, -0.25) is 4.79 Å². The molecule has 21 heavy (non-hydrogen) atoms. The van der Waals surface area contributed by atoms with Gasteiger partial charge in [-0.05, 0) is 42.9 Å². The molecule has 1 unspecified atom stereocenters. The topological polar surface area (TPSA) is 29.5 Å². The molecule has 1 saturated heterocycles. The van der Waals surface area contributed by atoms with E-state index in [9.17, 15) is 4.79 Å². The first-order valence-corrected chi connectivity index (χ1v) is 8.00. The van der Waals surface area contributed by atoms with E-state index >= 15 is 0 Å². The van der Waals surface area contributed by atoms with Gasteiger partial charge in [-0.2, -0.15) is 0 Å². The van der Waals surface area contributed by atoms with Crippen molar-refractivity contribution in [3.63, 3.8) is 0 Å². The largest absolute Gasteiger partial charge is 0.481 e. The lowest BCUT2D eigenvalue weighted by Crippen LogP contribution is -2.48. The smallest absolute Gasteiger partial charge is 0.263 e. The Morgan fingerprint density at radius 3 is 2.86 bits per heavy atom. The Morgan fingerprint density at radius 1 is 1.48 bits per heavy atom. The van der Waals surface area contributed by atoms with Crippen LogP contribution in [0.1, 0.15) is 40.0 Å². The van der Waals surface area contributed by atoms with Crippen LogP contribution in [0.2, 0.25) is 5.02 Å². The Balaban J connectivity index is 2.04. The highest BCUT2D eigenvalue weighted by molar-refractivity contribution is 6.30. The van der Waals surface area contributed by atoms with Gasteiger partial charge in [0.2, 0.25) is 0 Å². The van der Waals surface area contributed by atoms with Gasteiger partial charge in [0.05, 0.1) is 0 Å². The van der Waals surface area contributed by atoms with E-state index in [0.717, 1.165) is 19.5 Å². The van der Waals surface area contributed by atoms with E-state index in [1.165, 1.54) is 6.42 Å². The van der Waals surface area contributed by atoms with Crippen LogP contribution in [0.15, 0.2) is 24.3 Å². The number of nitrogens with zero attached hydrogens (tertiary/aromatic N) is 1. The van der Waals surface area contributed by atoms with Gasteiger partial charge >= 0.3 is 0 Å². The molecule has 1 fully saturated rings. The molecule has 1 amide bonds. The summed E-state index contributed by atoms with van der Waals surface area (Å²) in [5.41, 5.74) is 0.197. The number of hydrogen-bond donors (Lipinski definition) is 0. The third-order valence-electron chi connectivity index (χ3n) is 3.93. The average Bonchev–Trinajstić information content (AvgIpc) is 2.43. The minimum absolute atomic E-state index is 0.0882. The molecule has 0 aromatic heterocycles. The van der Waals surface area contributed by atoms with Crippen LogP contribution < -0.4 is 4.74 Å². The number of carbonyl (C=O) groups excluding carboxylic acids is 1. The lowest BCUT2D eigenvalue weighted by molar-refractivity contribution is -0.142. The van der Waals surface area contributed by atoms with Crippen LogP contribution in [-0.2, 0) is 4.79 Å². The Morgan fingerprint density at radius 2 is 2.24 bits per heavy atom. The van der Waals surface area contributed by atoms with Gasteiger partial charge in [0, 0.05) is 18.1 Å². The molecule has 0 bridgehead atoms. The molecule has 1 aliphatic rings. The Hall–Kier alpha value is -1.22. The summed E-state index contributed by atoms with van der Waals surface area (Å²) in [7, 11) is 0. The molecule has 0 aliphatic carbocycles. The normalized spacial score (nSPS) is 19.1. The van der Waals surface area contributed by atoms with E-state index in [4.69, 9.17) is 16.3 Å². The number of ether oxygens (including phenoxy) is 1. The van der Waals surface area contributed by atoms with Crippen LogP contribution in [0.5, 0.6) is 5.75 Å². The number of benzene rings is 1. The van der Waals surface area contributed by atoms with E-state index in [-0.39, 0.29) is 11.3 Å². The van der Waals surface area contributed by atoms with Crippen molar-refractivity contribution in [2.24, 2.45) is 5.41 Å². The predicted molar refractivity (Wildman–Crippen MR) is 85.8 cm³/mol. The molecule has 2 rings (SSSR count). The van der Waals surface area contributed by atoms with E-state index < -0.39 is 6.10 Å². The standard InChI is InChI=1S/C17H24ClNO2/c1-4-15(21-14-8-5-7-13(18)11-14)16(20)19-10-6-9-17(2,3)12-19/h5,7-8,11,15H,4,6,9-10,12H2,1-3H3. The number of rotatable bonds is 4. The highest BCUT2D eigenvalue weighted by atomic mass is 35.5. The van der Waals surface area contributed by atoms with Crippen LogP contribution >= 0.6 is 11.6 Å². The molecular formula is C17H24ClNO2. The molecule has 1 aliphatic heterocycles. The van der Waals surface area contributed by atoms with Crippen molar-refractivity contribution in [2.45, 2.75) is 46.1 Å². The maximum Gasteiger partial charge on any atom is 0.263 e. The molecule has 116 valence electrons. The van der Waals surface area contributed by atoms with Crippen molar-refractivity contribution < 1.29 is 9.53 Å². The summed E-state index contributed by atoms with van der Waals surface area (Å²) < 4.78 is 5.85. The minimum atomic E-state index is -0.433. The van der Waals surface area contributed by atoms with Crippen LogP contribution in [0.4, 0.5) is 0 Å². The zero-order chi connectivity index (χ0) is 15.5. The summed E-state index contributed by atoms with van der Waals surface area (Å²) in [5.74, 6) is 0.740. The minimum Gasteiger partial charge on any atom is -0.481 e. The third-order valence-corrected chi connectivity index (χ3v) is 4.17. The molecule has 1 aromatic rings. The molecule has 0 spiro atoms. The highest BCUT2D eigenvalue weighted by Gasteiger charge is 2.32. The van der Waals surface area contributed by atoms with Crippen LogP contribution in [-0.4, -0.2) is 30.0 Å². The van der Waals surface area contributed by atoms with Crippen molar-refractivity contribution in [2.75, 3.05) is 13.1 Å². The van der Waals surface area contributed by atoms with E-state index in [2.05, 4.69) is 13.8 Å². The van der Waals surface area contributed by atoms with E-state index in [1.54, 1.807) is 12.1 Å². The first-order valence-electron chi connectivity index (χ1n) is 7.62. The number of piperidine rings is 1. The molecule has 1 aromatic carbocycles. The third kappa shape index (κ3) is 4.37. The number of hydrogen-bond acceptors (Lipinski definition) is 2. The van der Waals surface area contributed by atoms with E-state index in [1.807, 2.05) is 24.0 Å². The molecule has 3 nitrogen and oxygen atoms in total. The number of likely N-dealkylation sites (tertiary alicyclic amines) is 1. The first-order chi connectivity index (χ1) is 9.91. The lowest BCUT2D eigenvalue weighted by Gasteiger charge is -2.39. The summed E-state index contributed by atoms with van der Waals surface area (Å²) in [6, 6.07) is 7.21. The predicted octanol–water partition coefficient (Wildman–Crippen LogP) is 4.15. The Bertz CT molecular complexity index is 501. The Labute approximate surface area is 132 Å². The fourth-order valence-electron chi connectivity index (χ4n) is 2.83. The van der Waals surface area contributed by atoms with Gasteiger partial charge in [0.1, 0.15) is 5.75 Å². The SMILES string of the molecule is CCC(Oc1cccc(Cl)c1)C(=O)N1CCCC(C)(C)C1. The summed E-state index contributed by atoms with van der Waals surface area (Å²) >= 11 is 5.96. The zero-order valence-electron chi connectivity index (χ0n) is 13.1. The molecule has 0 radical (unpaired) electrons. The number of amides is 1. The second kappa shape index (κ2) is 6.69. The first kappa shape index (κ1) is 16.2. The maximum atomic E-state index is 12.7. The second-order valence-corrected chi connectivity index (χ2v) is 6.94. The van der Waals surface area contributed by atoms with Crippen molar-refractivity contribution in [1.82, 2.24) is 4.90 Å². The monoisotopic (exact) mass is 309 g/mol. The Kier molecular flexibility index (Phi) is 5.15. The lowest BCUT2D eigenvalue weighted by atomic mass is 9.84. The van der Waals surface area contributed by atoms with Crippen molar-refractivity contribution >= 4 is 17.5 Å². The fraction of sp³-hybridized carbons (Fsp3) is 0.588. The van der Waals surface area contributed by atoms with Crippen LogP contribution in [0.25, 0.3) is 0 Å². The maximum absolute atomic E-state index is 12.7. The summed E-state index contributed by atoms with van der Waals surface area (Å²) in [6.07, 6.45) is 2.45. The molecule has 0 saturated carbocycles. The van der Waals surface area contributed by atoms with Crippen molar-refractivity contribution in [3.8, 4) is 5.75 Å². The van der Waals surface area contributed by atoms with Gasteiger partial charge < -0.3 is 9.64 Å². The fourth-order valence-corrected chi connectivity index (χ4v) is 3.01. The van der Waals surface area contributed by atoms with Gasteiger partial charge in [0.15, 0.2) is 6.10 Å². The molecule has 4 heteroatoms. The zero-order valence-corrected chi connectivity index (χ0v) is 13.8. The van der Waals surface area contributed by atoms with Crippen LogP contribution in [0, 0.1) is 5.41 Å². The molecular weight excluding hydrogens is 286 g/mol. The van der Waals surface area contributed by atoms with Gasteiger partial charge in [-0.15, -0.1) is 0 Å². The van der Waals surface area contributed by atoms with Gasteiger partial charge in [-0.1, -0.05) is 38.4 Å². The van der Waals surface area contributed by atoms with Crippen molar-refractivity contribution in [1.29, 1.82) is 0 Å². The molecule has 0 N–H and O–H groups in total. The summed E-state index contributed by atoms with van der Waals surface area (Å²) in [4.78, 5) is 14.6. The highest BCUT2D eigenvalue weighted by Crippen LogP contribution is 2.29. The average molecular weight is 310 g/mol. The quantitative estimate of drug-likeness (QED) is 0.836. The summed E-state index contributed by atoms with van der Waals surface area (Å²) in [6.45, 7) is 8.04. The number of halogens is 1. The summed E-state index contributed by atoms with van der Waals surface area (Å²) in [5, 5.41) is 0.619. The molecule has 1 heterocycles. The molecule has 1 atom stereocenters. The van der Waals surface area contributed by atoms with Gasteiger partial charge in [0.25, 0.3) is 5.91 Å². The van der Waals surface area contributed by atoms with Crippen LogP contribution in [0.3, 0.4) is 0 Å². The second-order valence-electron chi connectivity index (χ2n) is 6.50. The van der Waals surface area contributed by atoms with E-state index in [0.29, 0.717) is 17.2 Å². The van der Waals surface area contributed by atoms with Gasteiger partial charge in [-0.25, -0.2) is 0 Å². The number of carbonyl (C=O) groups is 1.